The molecule has 1 rings (SSSR count). The van der Waals surface area contributed by atoms with E-state index in [-0.39, 0.29) is 10.7 Å². The van der Waals surface area contributed by atoms with Crippen LogP contribution in [-0.2, 0) is 0 Å². The van der Waals surface area contributed by atoms with Gasteiger partial charge in [0.1, 0.15) is 0 Å². The molecule has 0 aliphatic carbocycles. The van der Waals surface area contributed by atoms with Crippen LogP contribution in [0.3, 0.4) is 0 Å². The van der Waals surface area contributed by atoms with E-state index < -0.39 is 0 Å². The van der Waals surface area contributed by atoms with Crippen LogP contribution in [0.15, 0.2) is 22.7 Å². The summed E-state index contributed by atoms with van der Waals surface area (Å²) in [6.07, 6.45) is 4.23. The molecule has 0 aliphatic rings. The topological polar surface area (TPSA) is 29.1 Å². The molecule has 1 amide bonds. The van der Waals surface area contributed by atoms with Crippen LogP contribution in [0.1, 0.15) is 42.6 Å². The molecule has 0 radical (unpaired) electrons. The van der Waals surface area contributed by atoms with Gasteiger partial charge in [-0.25, -0.2) is 0 Å². The second-order valence-electron chi connectivity index (χ2n) is 4.74. The maximum atomic E-state index is 12.3. The van der Waals surface area contributed by atoms with Crippen molar-refractivity contribution in [2.45, 2.75) is 38.4 Å². The summed E-state index contributed by atoms with van der Waals surface area (Å²) in [4.78, 5) is 12.3. The Morgan fingerprint density at radius 2 is 2.00 bits per heavy atom. The Labute approximate surface area is 128 Å². The van der Waals surface area contributed by atoms with E-state index in [9.17, 15) is 4.79 Å². The summed E-state index contributed by atoms with van der Waals surface area (Å²) in [7, 11) is 0. The van der Waals surface area contributed by atoms with Gasteiger partial charge in [-0.05, 0) is 43.7 Å². The molecule has 106 valence electrons. The number of halogens is 1. The summed E-state index contributed by atoms with van der Waals surface area (Å²) in [5, 5.41) is 3.08. The van der Waals surface area contributed by atoms with Gasteiger partial charge in [-0.15, -0.1) is 0 Å². The van der Waals surface area contributed by atoms with Crippen molar-refractivity contribution in [3.8, 4) is 0 Å². The number of rotatable bonds is 6. The van der Waals surface area contributed by atoms with E-state index in [1.807, 2.05) is 36.9 Å². The third-order valence-electron chi connectivity index (χ3n) is 3.74. The molecule has 4 heteroatoms. The highest BCUT2D eigenvalue weighted by Gasteiger charge is 2.25. The van der Waals surface area contributed by atoms with Crippen molar-refractivity contribution in [2.75, 3.05) is 12.8 Å². The highest BCUT2D eigenvalue weighted by atomic mass is 79.9. The zero-order valence-electron chi connectivity index (χ0n) is 12.0. The number of thioether (sulfide) groups is 1. The third kappa shape index (κ3) is 4.25. The smallest absolute Gasteiger partial charge is 0.251 e. The van der Waals surface area contributed by atoms with Crippen molar-refractivity contribution in [1.29, 1.82) is 0 Å². The lowest BCUT2D eigenvalue weighted by Crippen LogP contribution is -2.39. The molecule has 2 nitrogen and oxygen atoms in total. The largest absolute Gasteiger partial charge is 0.351 e. The Balaban J connectivity index is 2.77. The van der Waals surface area contributed by atoms with Gasteiger partial charge in [0.2, 0.25) is 0 Å². The Morgan fingerprint density at radius 1 is 1.37 bits per heavy atom. The van der Waals surface area contributed by atoms with Crippen molar-refractivity contribution in [2.24, 2.45) is 0 Å². The maximum Gasteiger partial charge on any atom is 0.251 e. The van der Waals surface area contributed by atoms with Gasteiger partial charge in [-0.2, -0.15) is 11.8 Å². The summed E-state index contributed by atoms with van der Waals surface area (Å²) < 4.78 is 1.08. The van der Waals surface area contributed by atoms with Crippen LogP contribution in [-0.4, -0.2) is 23.5 Å². The van der Waals surface area contributed by atoms with Crippen LogP contribution in [0.2, 0.25) is 0 Å². The zero-order valence-corrected chi connectivity index (χ0v) is 14.5. The van der Waals surface area contributed by atoms with E-state index in [2.05, 4.69) is 41.3 Å². The van der Waals surface area contributed by atoms with Crippen molar-refractivity contribution in [3.05, 3.63) is 33.8 Å². The number of carbonyl (C=O) groups excluding carboxylic acids is 1. The molecular weight excluding hydrogens is 322 g/mol. The Morgan fingerprint density at radius 3 is 2.53 bits per heavy atom. The molecule has 0 fully saturated rings. The van der Waals surface area contributed by atoms with Gasteiger partial charge >= 0.3 is 0 Å². The molecule has 1 aromatic carbocycles. The Bertz CT molecular complexity index is 436. The van der Waals surface area contributed by atoms with E-state index >= 15 is 0 Å². The van der Waals surface area contributed by atoms with Crippen molar-refractivity contribution in [1.82, 2.24) is 5.32 Å². The average Bonchev–Trinajstić information content (AvgIpc) is 2.43. The van der Waals surface area contributed by atoms with E-state index in [0.717, 1.165) is 28.4 Å². The number of hydrogen-bond acceptors (Lipinski definition) is 2. The van der Waals surface area contributed by atoms with Gasteiger partial charge in [0, 0.05) is 21.3 Å². The van der Waals surface area contributed by atoms with Crippen molar-refractivity contribution >= 4 is 33.6 Å². The van der Waals surface area contributed by atoms with Crippen molar-refractivity contribution in [3.63, 3.8) is 0 Å². The summed E-state index contributed by atoms with van der Waals surface area (Å²) in [5.41, 5.74) is 1.75. The van der Waals surface area contributed by atoms with Crippen LogP contribution < -0.4 is 5.32 Å². The van der Waals surface area contributed by atoms with Gasteiger partial charge in [0.25, 0.3) is 5.91 Å². The number of benzene rings is 1. The minimum absolute atomic E-state index is 0.0131. The molecule has 0 atom stereocenters. The molecule has 1 N–H and O–H groups in total. The number of hydrogen-bond donors (Lipinski definition) is 1. The second kappa shape index (κ2) is 7.34. The van der Waals surface area contributed by atoms with Gasteiger partial charge in [0.15, 0.2) is 0 Å². The minimum Gasteiger partial charge on any atom is -0.351 e. The Hall–Kier alpha value is -0.480. The summed E-state index contributed by atoms with van der Waals surface area (Å²) >= 11 is 5.25. The van der Waals surface area contributed by atoms with Crippen LogP contribution in [0.4, 0.5) is 0 Å². The molecular formula is C15H22BrNOS. The van der Waals surface area contributed by atoms with Gasteiger partial charge in [-0.3, -0.25) is 4.79 Å². The fourth-order valence-corrected chi connectivity index (χ4v) is 3.19. The van der Waals surface area contributed by atoms with Gasteiger partial charge in [0.05, 0.1) is 0 Å². The van der Waals surface area contributed by atoms with Crippen LogP contribution in [0.25, 0.3) is 0 Å². The normalized spacial score (nSPS) is 11.4. The first kappa shape index (κ1) is 16.6. The van der Waals surface area contributed by atoms with Gasteiger partial charge < -0.3 is 5.32 Å². The maximum absolute atomic E-state index is 12.3. The molecule has 0 unspecified atom stereocenters. The monoisotopic (exact) mass is 343 g/mol. The zero-order chi connectivity index (χ0) is 14.5. The molecule has 1 aromatic rings. The fourth-order valence-electron chi connectivity index (χ4n) is 2.04. The molecule has 0 bridgehead atoms. The number of aryl methyl sites for hydroxylation is 1. The SMILES string of the molecule is CCC(CC)(CNC(=O)c1cc(Br)ccc1C)SC. The summed E-state index contributed by atoms with van der Waals surface area (Å²) in [6, 6.07) is 5.79. The first-order valence-electron chi connectivity index (χ1n) is 6.57. The third-order valence-corrected chi connectivity index (χ3v) is 5.82. The molecule has 0 spiro atoms. The number of nitrogens with one attached hydrogen (secondary N) is 1. The number of amides is 1. The lowest BCUT2D eigenvalue weighted by Gasteiger charge is -2.29. The number of carbonyl (C=O) groups is 1. The van der Waals surface area contributed by atoms with E-state index in [0.29, 0.717) is 6.54 Å². The Kier molecular flexibility index (Phi) is 6.40. The predicted molar refractivity (Wildman–Crippen MR) is 88.0 cm³/mol. The molecule has 0 aromatic heterocycles. The lowest BCUT2D eigenvalue weighted by molar-refractivity contribution is 0.0948. The molecule has 0 saturated carbocycles. The molecule has 0 heterocycles. The van der Waals surface area contributed by atoms with E-state index in [4.69, 9.17) is 0 Å². The van der Waals surface area contributed by atoms with Crippen LogP contribution in [0.5, 0.6) is 0 Å². The lowest BCUT2D eigenvalue weighted by atomic mass is 10.0. The molecule has 19 heavy (non-hydrogen) atoms. The fraction of sp³-hybridized carbons (Fsp3) is 0.533. The van der Waals surface area contributed by atoms with E-state index in [1.54, 1.807) is 0 Å². The first-order valence-corrected chi connectivity index (χ1v) is 8.59. The minimum atomic E-state index is 0.0131. The molecule has 0 aliphatic heterocycles. The molecule has 0 saturated heterocycles. The highest BCUT2D eigenvalue weighted by molar-refractivity contribution is 9.10. The summed E-state index contributed by atoms with van der Waals surface area (Å²) in [5.74, 6) is 0.0131. The summed E-state index contributed by atoms with van der Waals surface area (Å²) in [6.45, 7) is 7.03. The predicted octanol–water partition coefficient (Wildman–Crippen LogP) is 4.41. The highest BCUT2D eigenvalue weighted by Crippen LogP contribution is 2.29. The van der Waals surface area contributed by atoms with Crippen LogP contribution >= 0.6 is 27.7 Å². The quantitative estimate of drug-likeness (QED) is 0.828. The van der Waals surface area contributed by atoms with Gasteiger partial charge in [-0.1, -0.05) is 35.8 Å². The van der Waals surface area contributed by atoms with Crippen molar-refractivity contribution < 1.29 is 4.79 Å². The van der Waals surface area contributed by atoms with Crippen LogP contribution in [0, 0.1) is 6.92 Å². The standard InChI is InChI=1S/C15H22BrNOS/c1-5-15(6-2,19-4)10-17-14(18)13-9-12(16)8-7-11(13)3/h7-9H,5-6,10H2,1-4H3,(H,17,18). The second-order valence-corrected chi connectivity index (χ2v) is 6.93. The van der Waals surface area contributed by atoms with E-state index in [1.165, 1.54) is 0 Å². The first-order chi connectivity index (χ1) is 8.98. The average molecular weight is 344 g/mol.